The van der Waals surface area contributed by atoms with Gasteiger partial charge >= 0.3 is 5.97 Å². The Morgan fingerprint density at radius 1 is 0.912 bits per heavy atom. The van der Waals surface area contributed by atoms with Gasteiger partial charge < -0.3 is 4.74 Å². The van der Waals surface area contributed by atoms with Crippen LogP contribution < -0.4 is 5.32 Å². The highest BCUT2D eigenvalue weighted by atomic mass is 32.2. The van der Waals surface area contributed by atoms with Gasteiger partial charge in [0, 0.05) is 6.26 Å². The molecule has 2 aromatic rings. The number of esters is 1. The van der Waals surface area contributed by atoms with E-state index in [9.17, 15) is 32.4 Å². The minimum atomic E-state index is -3.54. The molecule has 3 rings (SSSR count). The maximum absolute atomic E-state index is 12.8. The fraction of sp³-hybridized carbons (Fsp3) is 0.261. The molecule has 4 amide bonds. The number of fused-ring (bicyclic) bond motifs is 1. The van der Waals surface area contributed by atoms with Crippen LogP contribution in [0.15, 0.2) is 54.6 Å². The molecule has 34 heavy (non-hydrogen) atoms. The van der Waals surface area contributed by atoms with Crippen molar-refractivity contribution in [3.63, 3.8) is 0 Å². The summed E-state index contributed by atoms with van der Waals surface area (Å²) >= 11 is 0. The van der Waals surface area contributed by atoms with Crippen molar-refractivity contribution in [3.05, 3.63) is 71.3 Å². The predicted octanol–water partition coefficient (Wildman–Crippen LogP) is 0.515. The zero-order valence-corrected chi connectivity index (χ0v) is 19.0. The molecular formula is C23H22N2O8S. The maximum Gasteiger partial charge on any atom is 0.329 e. The van der Waals surface area contributed by atoms with E-state index in [1.807, 2.05) is 0 Å². The summed E-state index contributed by atoms with van der Waals surface area (Å²) < 4.78 is 28.2. The molecule has 0 bridgehead atoms. The van der Waals surface area contributed by atoms with E-state index < -0.39 is 64.3 Å². The number of sulfone groups is 1. The largest absolute Gasteiger partial charge is 0.454 e. The van der Waals surface area contributed by atoms with E-state index >= 15 is 0 Å². The number of benzene rings is 2. The summed E-state index contributed by atoms with van der Waals surface area (Å²) in [6, 6.07) is 13.0. The summed E-state index contributed by atoms with van der Waals surface area (Å²) in [4.78, 5) is 63.0. The maximum atomic E-state index is 12.8. The molecule has 0 saturated heterocycles. The number of amides is 4. The zero-order chi connectivity index (χ0) is 24.9. The summed E-state index contributed by atoms with van der Waals surface area (Å²) in [6.45, 7) is -0.849. The third kappa shape index (κ3) is 6.13. The van der Waals surface area contributed by atoms with Crippen molar-refractivity contribution in [2.24, 2.45) is 0 Å². The summed E-state index contributed by atoms with van der Waals surface area (Å²) in [5.74, 6) is -4.68. The lowest BCUT2D eigenvalue weighted by molar-refractivity contribution is -0.153. The van der Waals surface area contributed by atoms with Crippen molar-refractivity contribution in [2.45, 2.75) is 18.9 Å². The summed E-state index contributed by atoms with van der Waals surface area (Å²) in [7, 11) is -3.54. The number of imide groups is 2. The van der Waals surface area contributed by atoms with Gasteiger partial charge in [-0.05, 0) is 24.1 Å². The van der Waals surface area contributed by atoms with Crippen molar-refractivity contribution in [1.82, 2.24) is 10.2 Å². The topological polar surface area (TPSA) is 144 Å². The Kier molecular flexibility index (Phi) is 7.57. The Morgan fingerprint density at radius 3 is 2.03 bits per heavy atom. The number of rotatable bonds is 9. The molecule has 2 aromatic carbocycles. The van der Waals surface area contributed by atoms with E-state index in [1.165, 1.54) is 12.1 Å². The number of hydrogen-bond donors (Lipinski definition) is 1. The molecule has 1 N–H and O–H groups in total. The zero-order valence-electron chi connectivity index (χ0n) is 18.2. The molecule has 1 aliphatic rings. The highest BCUT2D eigenvalue weighted by Gasteiger charge is 2.43. The second kappa shape index (κ2) is 10.4. The van der Waals surface area contributed by atoms with Crippen LogP contribution in [0, 0.1) is 0 Å². The Hall–Kier alpha value is -3.86. The first-order valence-electron chi connectivity index (χ1n) is 10.2. The van der Waals surface area contributed by atoms with Crippen molar-refractivity contribution < 1.29 is 37.1 Å². The van der Waals surface area contributed by atoms with Crippen molar-refractivity contribution in [3.8, 4) is 0 Å². The van der Waals surface area contributed by atoms with Crippen LogP contribution in [-0.4, -0.2) is 67.6 Å². The Balaban J connectivity index is 1.66. The molecule has 0 radical (unpaired) electrons. The molecule has 1 aliphatic heterocycles. The SMILES string of the molecule is CS(=O)(=O)CCC(C(=O)OCC(=O)NC(=O)Cc1ccccc1)N1C(=O)c2ccccc2C1=O. The second-order valence-electron chi connectivity index (χ2n) is 7.70. The number of nitrogens with zero attached hydrogens (tertiary/aromatic N) is 1. The van der Waals surface area contributed by atoms with E-state index in [2.05, 4.69) is 5.32 Å². The minimum absolute atomic E-state index is 0.0629. The van der Waals surface area contributed by atoms with Crippen LogP contribution in [0.25, 0.3) is 0 Å². The lowest BCUT2D eigenvalue weighted by Gasteiger charge is -2.24. The predicted molar refractivity (Wildman–Crippen MR) is 119 cm³/mol. The van der Waals surface area contributed by atoms with Gasteiger partial charge in [-0.2, -0.15) is 0 Å². The highest BCUT2D eigenvalue weighted by molar-refractivity contribution is 7.90. The summed E-state index contributed by atoms with van der Waals surface area (Å²) in [5.41, 5.74) is 0.832. The van der Waals surface area contributed by atoms with Crippen molar-refractivity contribution in [1.29, 1.82) is 0 Å². The normalized spacial score (nSPS) is 13.9. The molecule has 1 unspecified atom stereocenters. The van der Waals surface area contributed by atoms with E-state index in [-0.39, 0.29) is 17.5 Å². The first kappa shape index (κ1) is 24.8. The van der Waals surface area contributed by atoms with Gasteiger partial charge in [-0.15, -0.1) is 0 Å². The van der Waals surface area contributed by atoms with Crippen molar-refractivity contribution in [2.75, 3.05) is 18.6 Å². The molecule has 1 heterocycles. The van der Waals surface area contributed by atoms with Crippen LogP contribution in [0.5, 0.6) is 0 Å². The molecule has 0 spiro atoms. The number of ether oxygens (including phenoxy) is 1. The van der Waals surface area contributed by atoms with Gasteiger partial charge in [-0.3, -0.25) is 29.4 Å². The van der Waals surface area contributed by atoms with E-state index in [0.29, 0.717) is 10.5 Å². The molecule has 1 atom stereocenters. The molecular weight excluding hydrogens is 464 g/mol. The Morgan fingerprint density at radius 2 is 1.47 bits per heavy atom. The third-order valence-electron chi connectivity index (χ3n) is 5.00. The average molecular weight is 487 g/mol. The minimum Gasteiger partial charge on any atom is -0.454 e. The number of carbonyl (C=O) groups is 5. The van der Waals surface area contributed by atoms with Crippen LogP contribution in [0.1, 0.15) is 32.7 Å². The fourth-order valence-corrected chi connectivity index (χ4v) is 4.07. The van der Waals surface area contributed by atoms with E-state index in [4.69, 9.17) is 4.74 Å². The molecule has 11 heteroatoms. The summed E-state index contributed by atoms with van der Waals surface area (Å²) in [5, 5.41) is 2.08. The van der Waals surface area contributed by atoms with Gasteiger partial charge in [-0.25, -0.2) is 13.2 Å². The van der Waals surface area contributed by atoms with Crippen LogP contribution in [0.3, 0.4) is 0 Å². The standard InChI is InChI=1S/C23H22N2O8S/c1-34(31,32)12-11-18(25-21(28)16-9-5-6-10-17(16)22(25)29)23(30)33-14-20(27)24-19(26)13-15-7-3-2-4-8-15/h2-10,18H,11-14H2,1H3,(H,24,26,27). The molecule has 178 valence electrons. The summed E-state index contributed by atoms with van der Waals surface area (Å²) in [6.07, 6.45) is 0.480. The van der Waals surface area contributed by atoms with Crippen LogP contribution >= 0.6 is 0 Å². The van der Waals surface area contributed by atoms with E-state index in [1.54, 1.807) is 42.5 Å². The van der Waals surface area contributed by atoms with E-state index in [0.717, 1.165) is 6.26 Å². The smallest absolute Gasteiger partial charge is 0.329 e. The van der Waals surface area contributed by atoms with Gasteiger partial charge in [0.15, 0.2) is 6.61 Å². The van der Waals surface area contributed by atoms with Gasteiger partial charge in [0.2, 0.25) is 5.91 Å². The van der Waals surface area contributed by atoms with Gasteiger partial charge in [0.05, 0.1) is 23.3 Å². The number of carbonyl (C=O) groups excluding carboxylic acids is 5. The van der Waals surface area contributed by atoms with Crippen molar-refractivity contribution >= 4 is 39.4 Å². The second-order valence-corrected chi connectivity index (χ2v) is 9.96. The Bertz CT molecular complexity index is 1210. The van der Waals surface area contributed by atoms with Crippen LogP contribution in [0.4, 0.5) is 0 Å². The quantitative estimate of drug-likeness (QED) is 0.399. The molecule has 0 fully saturated rings. The molecule has 0 aromatic heterocycles. The fourth-order valence-electron chi connectivity index (χ4n) is 3.42. The first-order chi connectivity index (χ1) is 16.1. The average Bonchev–Trinajstić information content (AvgIpc) is 3.03. The molecule has 0 saturated carbocycles. The van der Waals surface area contributed by atoms with Crippen LogP contribution in [-0.2, 0) is 35.4 Å². The van der Waals surface area contributed by atoms with Crippen LogP contribution in [0.2, 0.25) is 0 Å². The molecule has 0 aliphatic carbocycles. The highest BCUT2D eigenvalue weighted by Crippen LogP contribution is 2.26. The lowest BCUT2D eigenvalue weighted by Crippen LogP contribution is -2.47. The number of nitrogens with one attached hydrogen (secondary N) is 1. The molecule has 10 nitrogen and oxygen atoms in total. The first-order valence-corrected chi connectivity index (χ1v) is 12.3. The Labute approximate surface area is 195 Å². The van der Waals surface area contributed by atoms with Gasteiger partial charge in [0.1, 0.15) is 15.9 Å². The third-order valence-corrected chi connectivity index (χ3v) is 5.98. The van der Waals surface area contributed by atoms with Gasteiger partial charge in [-0.1, -0.05) is 42.5 Å². The monoisotopic (exact) mass is 486 g/mol. The number of hydrogen-bond acceptors (Lipinski definition) is 8. The van der Waals surface area contributed by atoms with Gasteiger partial charge in [0.25, 0.3) is 17.7 Å². The lowest BCUT2D eigenvalue weighted by atomic mass is 10.1.